The molecule has 0 aromatic carbocycles. The van der Waals surface area contributed by atoms with Gasteiger partial charge in [-0.05, 0) is 19.9 Å². The van der Waals surface area contributed by atoms with Crippen LogP contribution in [-0.2, 0) is 11.3 Å². The van der Waals surface area contributed by atoms with Crippen molar-refractivity contribution in [2.45, 2.75) is 26.5 Å². The first-order chi connectivity index (χ1) is 6.20. The molecule has 13 heavy (non-hydrogen) atoms. The summed E-state index contributed by atoms with van der Waals surface area (Å²) in [5.41, 5.74) is 0.0230. The lowest BCUT2D eigenvalue weighted by molar-refractivity contribution is 0.0722. The van der Waals surface area contributed by atoms with Gasteiger partial charge in [-0.25, -0.2) is 0 Å². The van der Waals surface area contributed by atoms with E-state index in [0.29, 0.717) is 13.2 Å². The predicted molar refractivity (Wildman–Crippen MR) is 51.8 cm³/mol. The highest BCUT2D eigenvalue weighted by molar-refractivity contribution is 4.92. The average molecular weight is 181 g/mol. The molecule has 0 radical (unpaired) electrons. The highest BCUT2D eigenvalue weighted by atomic mass is 16.5. The van der Waals surface area contributed by atoms with Crippen LogP contribution in [-0.4, -0.2) is 17.3 Å². The molecule has 0 aliphatic heterocycles. The van der Waals surface area contributed by atoms with Gasteiger partial charge >= 0.3 is 0 Å². The lowest BCUT2D eigenvalue weighted by Gasteiger charge is -2.08. The van der Waals surface area contributed by atoms with Gasteiger partial charge in [0.2, 0.25) is 0 Å². The first kappa shape index (κ1) is 9.99. The van der Waals surface area contributed by atoms with Crippen LogP contribution in [0.15, 0.2) is 29.2 Å². The number of hydrogen-bond donors (Lipinski definition) is 0. The molecular weight excluding hydrogens is 166 g/mol. The van der Waals surface area contributed by atoms with Gasteiger partial charge < -0.3 is 9.30 Å². The Hall–Kier alpha value is -1.09. The van der Waals surface area contributed by atoms with Crippen molar-refractivity contribution in [3.8, 4) is 0 Å². The van der Waals surface area contributed by atoms with Crippen molar-refractivity contribution < 1.29 is 4.74 Å². The maximum absolute atomic E-state index is 11.2. The average Bonchev–Trinajstić information content (AvgIpc) is 2.08. The van der Waals surface area contributed by atoms with Crippen LogP contribution in [0.1, 0.15) is 13.8 Å². The molecule has 0 atom stereocenters. The maximum Gasteiger partial charge on any atom is 0.250 e. The smallest absolute Gasteiger partial charge is 0.250 e. The molecule has 3 nitrogen and oxygen atoms in total. The van der Waals surface area contributed by atoms with Crippen molar-refractivity contribution >= 4 is 0 Å². The molecule has 1 aromatic heterocycles. The molecule has 0 bridgehead atoms. The van der Waals surface area contributed by atoms with Gasteiger partial charge in [0.1, 0.15) is 0 Å². The largest absolute Gasteiger partial charge is 0.377 e. The van der Waals surface area contributed by atoms with Crippen LogP contribution in [0.4, 0.5) is 0 Å². The Morgan fingerprint density at radius 1 is 1.46 bits per heavy atom. The van der Waals surface area contributed by atoms with E-state index in [2.05, 4.69) is 0 Å². The Morgan fingerprint density at radius 3 is 2.85 bits per heavy atom. The van der Waals surface area contributed by atoms with E-state index in [9.17, 15) is 4.79 Å². The van der Waals surface area contributed by atoms with E-state index in [1.807, 2.05) is 19.9 Å². The van der Waals surface area contributed by atoms with Gasteiger partial charge in [-0.3, -0.25) is 4.79 Å². The molecule has 1 heterocycles. The van der Waals surface area contributed by atoms with Gasteiger partial charge in [0.25, 0.3) is 5.56 Å². The van der Waals surface area contributed by atoms with Crippen molar-refractivity contribution in [1.82, 2.24) is 4.57 Å². The van der Waals surface area contributed by atoms with E-state index in [-0.39, 0.29) is 11.7 Å². The minimum atomic E-state index is 0.0230. The zero-order chi connectivity index (χ0) is 9.68. The van der Waals surface area contributed by atoms with E-state index in [4.69, 9.17) is 4.74 Å². The zero-order valence-corrected chi connectivity index (χ0v) is 8.06. The Kier molecular flexibility index (Phi) is 3.71. The zero-order valence-electron chi connectivity index (χ0n) is 8.06. The van der Waals surface area contributed by atoms with Gasteiger partial charge in [-0.1, -0.05) is 6.07 Å². The van der Waals surface area contributed by atoms with Crippen molar-refractivity contribution in [3.05, 3.63) is 34.7 Å². The highest BCUT2D eigenvalue weighted by Gasteiger charge is 1.95. The van der Waals surface area contributed by atoms with Crippen LogP contribution >= 0.6 is 0 Å². The summed E-state index contributed by atoms with van der Waals surface area (Å²) < 4.78 is 6.98. The van der Waals surface area contributed by atoms with Crippen molar-refractivity contribution in [3.63, 3.8) is 0 Å². The molecule has 0 fully saturated rings. The lowest BCUT2D eigenvalue weighted by Crippen LogP contribution is -2.21. The van der Waals surface area contributed by atoms with E-state index in [1.54, 1.807) is 22.9 Å². The van der Waals surface area contributed by atoms with E-state index < -0.39 is 0 Å². The molecule has 0 amide bonds. The molecule has 3 heteroatoms. The fraction of sp³-hybridized carbons (Fsp3) is 0.500. The lowest BCUT2D eigenvalue weighted by atomic mass is 10.4. The van der Waals surface area contributed by atoms with Crippen LogP contribution in [0, 0.1) is 0 Å². The van der Waals surface area contributed by atoms with E-state index in [1.165, 1.54) is 0 Å². The normalized spacial score (nSPS) is 10.7. The van der Waals surface area contributed by atoms with Crippen molar-refractivity contribution in [2.75, 3.05) is 6.61 Å². The molecule has 0 spiro atoms. The van der Waals surface area contributed by atoms with Gasteiger partial charge in [-0.2, -0.15) is 0 Å². The number of ether oxygens (including phenoxy) is 1. The van der Waals surface area contributed by atoms with E-state index >= 15 is 0 Å². The number of aromatic nitrogens is 1. The molecule has 1 rings (SSSR count). The van der Waals surface area contributed by atoms with Crippen LogP contribution in [0.5, 0.6) is 0 Å². The van der Waals surface area contributed by atoms with Gasteiger partial charge in [-0.15, -0.1) is 0 Å². The summed E-state index contributed by atoms with van der Waals surface area (Å²) in [6.45, 7) is 5.17. The highest BCUT2D eigenvalue weighted by Crippen LogP contribution is 1.89. The number of rotatable bonds is 4. The van der Waals surface area contributed by atoms with E-state index in [0.717, 1.165) is 0 Å². The second-order valence-electron chi connectivity index (χ2n) is 3.15. The third kappa shape index (κ3) is 3.42. The van der Waals surface area contributed by atoms with Crippen molar-refractivity contribution in [1.29, 1.82) is 0 Å². The van der Waals surface area contributed by atoms with Gasteiger partial charge in [0.05, 0.1) is 12.7 Å². The summed E-state index contributed by atoms with van der Waals surface area (Å²) in [7, 11) is 0. The summed E-state index contributed by atoms with van der Waals surface area (Å²) in [6, 6.07) is 5.13. The quantitative estimate of drug-likeness (QED) is 0.700. The third-order valence-corrected chi connectivity index (χ3v) is 1.68. The Morgan fingerprint density at radius 2 is 2.23 bits per heavy atom. The summed E-state index contributed by atoms with van der Waals surface area (Å²) in [5, 5.41) is 0. The molecule has 0 aliphatic rings. The van der Waals surface area contributed by atoms with Crippen LogP contribution in [0.3, 0.4) is 0 Å². The number of nitrogens with zero attached hydrogens (tertiary/aromatic N) is 1. The topological polar surface area (TPSA) is 31.2 Å². The Balaban J connectivity index is 2.46. The van der Waals surface area contributed by atoms with Crippen LogP contribution < -0.4 is 5.56 Å². The summed E-state index contributed by atoms with van der Waals surface area (Å²) in [6.07, 6.45) is 1.99. The first-order valence-electron chi connectivity index (χ1n) is 4.47. The SMILES string of the molecule is CC(C)OCCn1ccccc1=O. The predicted octanol–water partition coefficient (Wildman–Crippen LogP) is 1.27. The first-order valence-corrected chi connectivity index (χ1v) is 4.47. The van der Waals surface area contributed by atoms with Gasteiger partial charge in [0.15, 0.2) is 0 Å². The molecule has 0 unspecified atom stereocenters. The van der Waals surface area contributed by atoms with Gasteiger partial charge in [0, 0.05) is 18.8 Å². The van der Waals surface area contributed by atoms with Crippen LogP contribution in [0.25, 0.3) is 0 Å². The second-order valence-corrected chi connectivity index (χ2v) is 3.15. The Labute approximate surface area is 78.0 Å². The van der Waals surface area contributed by atoms with Crippen molar-refractivity contribution in [2.24, 2.45) is 0 Å². The minimum Gasteiger partial charge on any atom is -0.377 e. The third-order valence-electron chi connectivity index (χ3n) is 1.68. The standard InChI is InChI=1S/C10H15NO2/c1-9(2)13-8-7-11-6-4-3-5-10(11)12/h3-6,9H,7-8H2,1-2H3. The number of pyridine rings is 1. The summed E-state index contributed by atoms with van der Waals surface area (Å²) in [5.74, 6) is 0. The molecule has 1 aromatic rings. The molecule has 0 saturated heterocycles. The van der Waals surface area contributed by atoms with Crippen LogP contribution in [0.2, 0.25) is 0 Å². The maximum atomic E-state index is 11.2. The molecule has 0 saturated carbocycles. The number of hydrogen-bond acceptors (Lipinski definition) is 2. The fourth-order valence-corrected chi connectivity index (χ4v) is 1.03. The Bertz CT molecular complexity index is 304. The minimum absolute atomic E-state index is 0.0230. The second kappa shape index (κ2) is 4.82. The molecule has 0 N–H and O–H groups in total. The molecule has 72 valence electrons. The molecule has 0 aliphatic carbocycles. The summed E-state index contributed by atoms with van der Waals surface area (Å²) in [4.78, 5) is 11.2. The fourth-order valence-electron chi connectivity index (χ4n) is 1.03. The monoisotopic (exact) mass is 181 g/mol. The summed E-state index contributed by atoms with van der Waals surface area (Å²) >= 11 is 0. The molecular formula is C10H15NO2.